The molecule has 6 heteroatoms. The van der Waals surface area contributed by atoms with E-state index in [1.807, 2.05) is 24.3 Å². The standard InChI is InChI=1S/C19H20FN3O2/c1-13(14-6-5-7-15(20)12-14)21-18(24)10-11-23-17-9-4-3-8-16(17)22(2)19(23)25/h3-9,12-13H,10-11H2,1-2H3,(H,21,24). The number of halogens is 1. The summed E-state index contributed by atoms with van der Waals surface area (Å²) in [6.07, 6.45) is 0.174. The summed E-state index contributed by atoms with van der Waals surface area (Å²) < 4.78 is 16.4. The van der Waals surface area contributed by atoms with Crippen LogP contribution in [0, 0.1) is 5.82 Å². The number of rotatable bonds is 5. The average molecular weight is 341 g/mol. The lowest BCUT2D eigenvalue weighted by Gasteiger charge is -2.14. The first-order valence-electron chi connectivity index (χ1n) is 8.16. The zero-order chi connectivity index (χ0) is 18.0. The van der Waals surface area contributed by atoms with Gasteiger partial charge in [0.15, 0.2) is 0 Å². The molecule has 0 fully saturated rings. The number of carbonyl (C=O) groups excluding carboxylic acids is 1. The van der Waals surface area contributed by atoms with E-state index in [0.29, 0.717) is 12.1 Å². The number of hydrogen-bond donors (Lipinski definition) is 1. The van der Waals surface area contributed by atoms with Gasteiger partial charge in [-0.1, -0.05) is 24.3 Å². The normalized spacial score (nSPS) is 12.3. The van der Waals surface area contributed by atoms with Gasteiger partial charge >= 0.3 is 5.69 Å². The highest BCUT2D eigenvalue weighted by Crippen LogP contribution is 2.14. The van der Waals surface area contributed by atoms with Crippen molar-refractivity contribution in [1.82, 2.24) is 14.5 Å². The van der Waals surface area contributed by atoms with E-state index < -0.39 is 0 Å². The number of hydrogen-bond acceptors (Lipinski definition) is 2. The Morgan fingerprint density at radius 1 is 1.16 bits per heavy atom. The molecule has 1 heterocycles. The Balaban J connectivity index is 1.69. The fourth-order valence-corrected chi connectivity index (χ4v) is 2.97. The largest absolute Gasteiger partial charge is 0.350 e. The van der Waals surface area contributed by atoms with E-state index in [2.05, 4.69) is 5.32 Å². The van der Waals surface area contributed by atoms with Gasteiger partial charge in [-0.25, -0.2) is 9.18 Å². The molecule has 1 aromatic heterocycles. The molecule has 0 bridgehead atoms. The van der Waals surface area contributed by atoms with Crippen LogP contribution in [-0.4, -0.2) is 15.0 Å². The van der Waals surface area contributed by atoms with Crippen molar-refractivity contribution in [2.45, 2.75) is 25.9 Å². The van der Waals surface area contributed by atoms with E-state index >= 15 is 0 Å². The molecule has 3 rings (SSSR count). The minimum absolute atomic E-state index is 0.146. The SMILES string of the molecule is CC(NC(=O)CCn1c(=O)n(C)c2ccccc21)c1cccc(F)c1. The maximum atomic E-state index is 13.3. The number of benzene rings is 2. The van der Waals surface area contributed by atoms with Gasteiger partial charge in [0, 0.05) is 20.0 Å². The first-order valence-corrected chi connectivity index (χ1v) is 8.16. The van der Waals surface area contributed by atoms with Gasteiger partial charge in [0.2, 0.25) is 5.91 Å². The molecule has 2 aromatic carbocycles. The molecule has 25 heavy (non-hydrogen) atoms. The van der Waals surface area contributed by atoms with Crippen LogP contribution in [0.3, 0.4) is 0 Å². The number of carbonyl (C=O) groups is 1. The molecular weight excluding hydrogens is 321 g/mol. The monoisotopic (exact) mass is 341 g/mol. The summed E-state index contributed by atoms with van der Waals surface area (Å²) in [7, 11) is 1.72. The molecule has 1 N–H and O–H groups in total. The molecule has 130 valence electrons. The Bertz CT molecular complexity index is 974. The summed E-state index contributed by atoms with van der Waals surface area (Å²) in [5.74, 6) is -0.516. The van der Waals surface area contributed by atoms with Crippen LogP contribution in [0.5, 0.6) is 0 Å². The Hall–Kier alpha value is -2.89. The summed E-state index contributed by atoms with van der Waals surface area (Å²) >= 11 is 0. The molecule has 1 amide bonds. The van der Waals surface area contributed by atoms with E-state index in [-0.39, 0.29) is 29.9 Å². The Morgan fingerprint density at radius 3 is 2.60 bits per heavy atom. The van der Waals surface area contributed by atoms with Gasteiger partial charge in [-0.15, -0.1) is 0 Å². The first kappa shape index (κ1) is 17.0. The van der Waals surface area contributed by atoms with Gasteiger partial charge in [-0.2, -0.15) is 0 Å². The lowest BCUT2D eigenvalue weighted by molar-refractivity contribution is -0.121. The number of amides is 1. The van der Waals surface area contributed by atoms with Crippen LogP contribution in [0.4, 0.5) is 4.39 Å². The highest BCUT2D eigenvalue weighted by atomic mass is 19.1. The van der Waals surface area contributed by atoms with E-state index in [0.717, 1.165) is 11.0 Å². The quantitative estimate of drug-likeness (QED) is 0.776. The van der Waals surface area contributed by atoms with Crippen LogP contribution in [0.25, 0.3) is 11.0 Å². The van der Waals surface area contributed by atoms with Crippen molar-refractivity contribution in [3.63, 3.8) is 0 Å². The number of aromatic nitrogens is 2. The van der Waals surface area contributed by atoms with Crippen molar-refractivity contribution >= 4 is 16.9 Å². The molecule has 0 saturated carbocycles. The lowest BCUT2D eigenvalue weighted by atomic mass is 10.1. The third-order valence-electron chi connectivity index (χ3n) is 4.34. The lowest BCUT2D eigenvalue weighted by Crippen LogP contribution is -2.29. The topological polar surface area (TPSA) is 56.0 Å². The second-order valence-electron chi connectivity index (χ2n) is 6.08. The maximum Gasteiger partial charge on any atom is 0.328 e. The average Bonchev–Trinajstić information content (AvgIpc) is 2.84. The fraction of sp³-hybridized carbons (Fsp3) is 0.263. The van der Waals surface area contributed by atoms with Crippen molar-refractivity contribution in [2.75, 3.05) is 0 Å². The summed E-state index contributed by atoms with van der Waals surface area (Å²) in [4.78, 5) is 24.5. The molecule has 5 nitrogen and oxygen atoms in total. The van der Waals surface area contributed by atoms with Crippen molar-refractivity contribution in [2.24, 2.45) is 7.05 Å². The van der Waals surface area contributed by atoms with E-state index in [1.165, 1.54) is 12.1 Å². The van der Waals surface area contributed by atoms with E-state index in [1.54, 1.807) is 35.2 Å². The zero-order valence-electron chi connectivity index (χ0n) is 14.2. The van der Waals surface area contributed by atoms with Crippen molar-refractivity contribution in [1.29, 1.82) is 0 Å². The van der Waals surface area contributed by atoms with Crippen molar-refractivity contribution in [3.8, 4) is 0 Å². The van der Waals surface area contributed by atoms with Crippen molar-refractivity contribution < 1.29 is 9.18 Å². The predicted molar refractivity (Wildman–Crippen MR) is 94.8 cm³/mol. The molecular formula is C19H20FN3O2. The zero-order valence-corrected chi connectivity index (χ0v) is 14.2. The van der Waals surface area contributed by atoms with Gasteiger partial charge in [0.25, 0.3) is 0 Å². The van der Waals surface area contributed by atoms with Gasteiger partial charge in [-0.05, 0) is 36.8 Å². The highest BCUT2D eigenvalue weighted by Gasteiger charge is 2.13. The molecule has 0 aliphatic rings. The number of para-hydroxylation sites is 2. The number of fused-ring (bicyclic) bond motifs is 1. The number of imidazole rings is 1. The predicted octanol–water partition coefficient (Wildman–Crippen LogP) is 2.75. The number of nitrogens with zero attached hydrogens (tertiary/aromatic N) is 2. The van der Waals surface area contributed by atoms with Crippen LogP contribution in [-0.2, 0) is 18.4 Å². The van der Waals surface area contributed by atoms with Crippen molar-refractivity contribution in [3.05, 3.63) is 70.4 Å². The van der Waals surface area contributed by atoms with Gasteiger partial charge in [-0.3, -0.25) is 13.9 Å². The van der Waals surface area contributed by atoms with E-state index in [4.69, 9.17) is 0 Å². The molecule has 0 spiro atoms. The second-order valence-corrected chi connectivity index (χ2v) is 6.08. The Morgan fingerprint density at radius 2 is 1.88 bits per heavy atom. The molecule has 0 radical (unpaired) electrons. The molecule has 0 aliphatic carbocycles. The first-order chi connectivity index (χ1) is 12.0. The maximum absolute atomic E-state index is 13.3. The van der Waals surface area contributed by atoms with Crippen LogP contribution >= 0.6 is 0 Å². The summed E-state index contributed by atoms with van der Waals surface area (Å²) in [5, 5.41) is 2.84. The van der Waals surface area contributed by atoms with Crippen LogP contribution < -0.4 is 11.0 Å². The van der Waals surface area contributed by atoms with Crippen LogP contribution in [0.2, 0.25) is 0 Å². The van der Waals surface area contributed by atoms with E-state index in [9.17, 15) is 14.0 Å². The Kier molecular flexibility index (Phi) is 4.70. The van der Waals surface area contributed by atoms with Crippen LogP contribution in [0.1, 0.15) is 24.9 Å². The minimum Gasteiger partial charge on any atom is -0.350 e. The fourth-order valence-electron chi connectivity index (χ4n) is 2.97. The molecule has 1 unspecified atom stereocenters. The Labute approximate surface area is 144 Å². The van der Waals surface area contributed by atoms with Gasteiger partial charge in [0.05, 0.1) is 17.1 Å². The molecule has 0 saturated heterocycles. The second kappa shape index (κ2) is 6.93. The van der Waals surface area contributed by atoms with Gasteiger partial charge < -0.3 is 5.32 Å². The third kappa shape index (κ3) is 3.47. The number of nitrogens with one attached hydrogen (secondary N) is 1. The van der Waals surface area contributed by atoms with Crippen LogP contribution in [0.15, 0.2) is 53.3 Å². The minimum atomic E-state index is -0.332. The summed E-state index contributed by atoms with van der Waals surface area (Å²) in [6.45, 7) is 2.10. The summed E-state index contributed by atoms with van der Waals surface area (Å²) in [5.41, 5.74) is 2.20. The number of aryl methyl sites for hydroxylation is 2. The molecule has 0 aliphatic heterocycles. The third-order valence-corrected chi connectivity index (χ3v) is 4.34. The smallest absolute Gasteiger partial charge is 0.328 e. The summed E-state index contributed by atoms with van der Waals surface area (Å²) in [6, 6.07) is 13.3. The molecule has 1 atom stereocenters. The molecule has 3 aromatic rings. The van der Waals surface area contributed by atoms with Gasteiger partial charge in [0.1, 0.15) is 5.82 Å². The highest BCUT2D eigenvalue weighted by molar-refractivity contribution is 5.78.